The van der Waals surface area contributed by atoms with Crippen molar-refractivity contribution in [2.24, 2.45) is 0 Å². The normalized spacial score (nSPS) is 13.4. The maximum Gasteiger partial charge on any atom is 0.146 e. The molecule has 11 heavy (non-hydrogen) atoms. The molecular formula is C7H17NO3. The molecule has 0 bridgehead atoms. The van der Waals surface area contributed by atoms with Crippen molar-refractivity contribution in [3.63, 3.8) is 0 Å². The van der Waals surface area contributed by atoms with Crippen LogP contribution in [0.15, 0.2) is 0 Å². The predicted octanol–water partition coefficient (Wildman–Crippen LogP) is 0.189. The summed E-state index contributed by atoms with van der Waals surface area (Å²) in [5, 5.41) is 3.09. The fourth-order valence-corrected chi connectivity index (χ4v) is 0.593. The molecule has 0 aliphatic rings. The second-order valence-corrected chi connectivity index (χ2v) is 2.32. The van der Waals surface area contributed by atoms with Gasteiger partial charge in [0.1, 0.15) is 6.79 Å². The van der Waals surface area contributed by atoms with E-state index in [-0.39, 0.29) is 0 Å². The SMILES string of the molecule is COCNC(C)COCOC. The molecule has 0 radical (unpaired) electrons. The molecule has 0 aromatic rings. The van der Waals surface area contributed by atoms with E-state index in [1.807, 2.05) is 6.92 Å². The molecule has 1 unspecified atom stereocenters. The molecule has 0 aliphatic carbocycles. The number of ether oxygens (including phenoxy) is 3. The second-order valence-electron chi connectivity index (χ2n) is 2.32. The van der Waals surface area contributed by atoms with Gasteiger partial charge < -0.3 is 14.2 Å². The molecule has 0 amide bonds. The van der Waals surface area contributed by atoms with Crippen LogP contribution in [0, 0.1) is 0 Å². The Morgan fingerprint density at radius 3 is 2.55 bits per heavy atom. The van der Waals surface area contributed by atoms with Crippen molar-refractivity contribution in [3.05, 3.63) is 0 Å². The number of methoxy groups -OCH3 is 2. The van der Waals surface area contributed by atoms with Gasteiger partial charge in [-0.1, -0.05) is 0 Å². The average Bonchev–Trinajstić information content (AvgIpc) is 2.01. The Labute approximate surface area is 67.8 Å². The van der Waals surface area contributed by atoms with Gasteiger partial charge in [0.15, 0.2) is 0 Å². The van der Waals surface area contributed by atoms with Crippen molar-refractivity contribution in [2.75, 3.05) is 34.4 Å². The maximum absolute atomic E-state index is 5.10. The molecule has 0 saturated heterocycles. The van der Waals surface area contributed by atoms with Gasteiger partial charge >= 0.3 is 0 Å². The van der Waals surface area contributed by atoms with E-state index < -0.39 is 0 Å². The minimum absolute atomic E-state index is 0.296. The summed E-state index contributed by atoms with van der Waals surface area (Å²) in [5.41, 5.74) is 0. The average molecular weight is 163 g/mol. The first-order valence-electron chi connectivity index (χ1n) is 3.60. The number of nitrogens with one attached hydrogen (secondary N) is 1. The fraction of sp³-hybridized carbons (Fsp3) is 1.00. The topological polar surface area (TPSA) is 39.7 Å². The zero-order chi connectivity index (χ0) is 8.53. The second kappa shape index (κ2) is 7.94. The summed E-state index contributed by atoms with van der Waals surface area (Å²) in [6, 6.07) is 0.296. The highest BCUT2D eigenvalue weighted by molar-refractivity contribution is 4.54. The molecule has 0 saturated carbocycles. The highest BCUT2D eigenvalue weighted by Crippen LogP contribution is 1.83. The molecule has 68 valence electrons. The van der Waals surface area contributed by atoms with Crippen LogP contribution in [-0.4, -0.2) is 40.4 Å². The fourth-order valence-electron chi connectivity index (χ4n) is 0.593. The summed E-state index contributed by atoms with van der Waals surface area (Å²) in [6.45, 7) is 3.56. The Bertz CT molecular complexity index is 80.1. The van der Waals surface area contributed by atoms with E-state index in [1.165, 1.54) is 0 Å². The first-order valence-corrected chi connectivity index (χ1v) is 3.60. The number of rotatable bonds is 7. The van der Waals surface area contributed by atoms with Gasteiger partial charge in [-0.2, -0.15) is 0 Å². The van der Waals surface area contributed by atoms with Crippen molar-refractivity contribution < 1.29 is 14.2 Å². The Morgan fingerprint density at radius 1 is 1.27 bits per heavy atom. The summed E-state index contributed by atoms with van der Waals surface area (Å²) in [4.78, 5) is 0. The largest absolute Gasteiger partial charge is 0.370 e. The summed E-state index contributed by atoms with van der Waals surface area (Å²) in [6.07, 6.45) is 0. The van der Waals surface area contributed by atoms with Crippen LogP contribution in [0.4, 0.5) is 0 Å². The van der Waals surface area contributed by atoms with Gasteiger partial charge in [-0.25, -0.2) is 0 Å². The Balaban J connectivity index is 3.02. The van der Waals surface area contributed by atoms with Crippen LogP contribution in [0.3, 0.4) is 0 Å². The van der Waals surface area contributed by atoms with Gasteiger partial charge in [0.2, 0.25) is 0 Å². The third-order valence-corrected chi connectivity index (χ3v) is 1.15. The zero-order valence-electron chi connectivity index (χ0n) is 7.42. The third kappa shape index (κ3) is 7.74. The number of hydrogen-bond donors (Lipinski definition) is 1. The molecule has 0 spiro atoms. The van der Waals surface area contributed by atoms with E-state index in [0.29, 0.717) is 26.2 Å². The van der Waals surface area contributed by atoms with Crippen molar-refractivity contribution >= 4 is 0 Å². The van der Waals surface area contributed by atoms with Crippen LogP contribution in [0.25, 0.3) is 0 Å². The summed E-state index contributed by atoms with van der Waals surface area (Å²) in [7, 11) is 3.25. The lowest BCUT2D eigenvalue weighted by molar-refractivity contribution is -0.0385. The predicted molar refractivity (Wildman–Crippen MR) is 42.3 cm³/mol. The first-order chi connectivity index (χ1) is 5.31. The molecule has 4 heteroatoms. The van der Waals surface area contributed by atoms with Crippen LogP contribution in [0.1, 0.15) is 6.92 Å². The van der Waals surface area contributed by atoms with Gasteiger partial charge in [-0.05, 0) is 6.92 Å². The smallest absolute Gasteiger partial charge is 0.146 e. The minimum Gasteiger partial charge on any atom is -0.370 e. The lowest BCUT2D eigenvalue weighted by Gasteiger charge is -2.12. The number of hydrogen-bond acceptors (Lipinski definition) is 4. The van der Waals surface area contributed by atoms with Crippen LogP contribution < -0.4 is 5.32 Å². The Hall–Kier alpha value is -0.160. The molecule has 0 aromatic carbocycles. The molecule has 0 aliphatic heterocycles. The lowest BCUT2D eigenvalue weighted by Crippen LogP contribution is -2.32. The van der Waals surface area contributed by atoms with Crippen molar-refractivity contribution in [2.45, 2.75) is 13.0 Å². The van der Waals surface area contributed by atoms with Gasteiger partial charge in [0.05, 0.1) is 13.3 Å². The van der Waals surface area contributed by atoms with Gasteiger partial charge in [-0.3, -0.25) is 5.32 Å². The molecule has 1 atom stereocenters. The molecule has 0 aromatic heterocycles. The maximum atomic E-state index is 5.10. The molecule has 0 rings (SSSR count). The zero-order valence-corrected chi connectivity index (χ0v) is 7.42. The van der Waals surface area contributed by atoms with Crippen LogP contribution >= 0.6 is 0 Å². The lowest BCUT2D eigenvalue weighted by atomic mass is 10.4. The monoisotopic (exact) mass is 163 g/mol. The summed E-state index contributed by atoms with van der Waals surface area (Å²) in [5.74, 6) is 0. The van der Waals surface area contributed by atoms with Gasteiger partial charge in [0.25, 0.3) is 0 Å². The van der Waals surface area contributed by atoms with E-state index in [4.69, 9.17) is 14.2 Å². The van der Waals surface area contributed by atoms with Crippen molar-refractivity contribution in [1.29, 1.82) is 0 Å². The van der Waals surface area contributed by atoms with E-state index in [9.17, 15) is 0 Å². The quantitative estimate of drug-likeness (QED) is 0.429. The standard InChI is InChI=1S/C7H17NO3/c1-7(8-5-9-2)4-11-6-10-3/h7-8H,4-6H2,1-3H3. The van der Waals surface area contributed by atoms with E-state index >= 15 is 0 Å². The Morgan fingerprint density at radius 2 is 2.00 bits per heavy atom. The summed E-state index contributed by atoms with van der Waals surface area (Å²) >= 11 is 0. The van der Waals surface area contributed by atoms with E-state index in [0.717, 1.165) is 0 Å². The Kier molecular flexibility index (Phi) is 7.83. The highest BCUT2D eigenvalue weighted by atomic mass is 16.7. The molecule has 0 fully saturated rings. The van der Waals surface area contributed by atoms with Crippen molar-refractivity contribution in [1.82, 2.24) is 5.32 Å². The van der Waals surface area contributed by atoms with Gasteiger partial charge in [-0.15, -0.1) is 0 Å². The van der Waals surface area contributed by atoms with E-state index in [1.54, 1.807) is 14.2 Å². The molecule has 0 heterocycles. The van der Waals surface area contributed by atoms with Crippen molar-refractivity contribution in [3.8, 4) is 0 Å². The van der Waals surface area contributed by atoms with E-state index in [2.05, 4.69) is 5.32 Å². The molecule has 1 N–H and O–H groups in total. The molecular weight excluding hydrogens is 146 g/mol. The summed E-state index contributed by atoms with van der Waals surface area (Å²) < 4.78 is 14.6. The molecule has 4 nitrogen and oxygen atoms in total. The van der Waals surface area contributed by atoms with Crippen LogP contribution in [0.5, 0.6) is 0 Å². The van der Waals surface area contributed by atoms with Crippen LogP contribution in [-0.2, 0) is 14.2 Å². The van der Waals surface area contributed by atoms with Gasteiger partial charge in [0, 0.05) is 20.3 Å². The van der Waals surface area contributed by atoms with Crippen LogP contribution in [0.2, 0.25) is 0 Å². The third-order valence-electron chi connectivity index (χ3n) is 1.15. The first kappa shape index (κ1) is 10.8. The highest BCUT2D eigenvalue weighted by Gasteiger charge is 1.98. The minimum atomic E-state index is 0.296.